The molecule has 0 aliphatic rings. The molecule has 0 aliphatic heterocycles. The van der Waals surface area contributed by atoms with E-state index in [9.17, 15) is 0 Å². The van der Waals surface area contributed by atoms with E-state index in [1.165, 1.54) is 6.20 Å². The summed E-state index contributed by atoms with van der Waals surface area (Å²) in [5.41, 5.74) is 0.507. The lowest BCUT2D eigenvalue weighted by Crippen LogP contribution is -2.19. The van der Waals surface area contributed by atoms with E-state index in [2.05, 4.69) is 32.0 Å². The van der Waals surface area contributed by atoms with Crippen LogP contribution < -0.4 is 0 Å². The summed E-state index contributed by atoms with van der Waals surface area (Å²) in [6.07, 6.45) is 3.39. The van der Waals surface area contributed by atoms with E-state index < -0.39 is 0 Å². The SMILES string of the molecule is CCC(C)(CC)c1oncc1C#N. The Hall–Kier alpha value is -1.30. The highest BCUT2D eigenvalue weighted by atomic mass is 16.5. The molecule has 0 bridgehead atoms. The van der Waals surface area contributed by atoms with Gasteiger partial charge in [-0.15, -0.1) is 0 Å². The molecular weight excluding hydrogens is 164 g/mol. The van der Waals surface area contributed by atoms with E-state index in [1.807, 2.05) is 0 Å². The minimum atomic E-state index is -0.0540. The van der Waals surface area contributed by atoms with Crippen LogP contribution in [0.5, 0.6) is 0 Å². The minimum absolute atomic E-state index is 0.0540. The normalized spacial score (nSPS) is 11.2. The van der Waals surface area contributed by atoms with Crippen LogP contribution in [0.1, 0.15) is 44.9 Å². The Labute approximate surface area is 78.3 Å². The maximum absolute atomic E-state index is 8.81. The fraction of sp³-hybridized carbons (Fsp3) is 0.600. The van der Waals surface area contributed by atoms with Crippen LogP contribution in [0, 0.1) is 11.3 Å². The van der Waals surface area contributed by atoms with Gasteiger partial charge in [-0.3, -0.25) is 0 Å². The van der Waals surface area contributed by atoms with Crippen LogP contribution in [0.4, 0.5) is 0 Å². The number of nitriles is 1. The Kier molecular flexibility index (Phi) is 2.72. The summed E-state index contributed by atoms with van der Waals surface area (Å²) in [6, 6.07) is 2.09. The summed E-state index contributed by atoms with van der Waals surface area (Å²) in [6.45, 7) is 6.27. The average Bonchev–Trinajstić information content (AvgIpc) is 2.65. The van der Waals surface area contributed by atoms with Gasteiger partial charge in [0, 0.05) is 5.41 Å². The van der Waals surface area contributed by atoms with Gasteiger partial charge in [0.25, 0.3) is 0 Å². The van der Waals surface area contributed by atoms with Crippen LogP contribution >= 0.6 is 0 Å². The Balaban J connectivity index is 3.13. The summed E-state index contributed by atoms with van der Waals surface area (Å²) in [5.74, 6) is 0.722. The van der Waals surface area contributed by atoms with Crippen molar-refractivity contribution < 1.29 is 4.52 Å². The fourth-order valence-corrected chi connectivity index (χ4v) is 1.33. The molecule has 0 radical (unpaired) electrons. The van der Waals surface area contributed by atoms with Gasteiger partial charge >= 0.3 is 0 Å². The predicted octanol–water partition coefficient (Wildman–Crippen LogP) is 2.62. The Morgan fingerprint density at radius 2 is 2.15 bits per heavy atom. The monoisotopic (exact) mass is 178 g/mol. The molecule has 13 heavy (non-hydrogen) atoms. The first-order valence-corrected chi connectivity index (χ1v) is 4.53. The van der Waals surface area contributed by atoms with Crippen LogP contribution in [0.15, 0.2) is 10.7 Å². The van der Waals surface area contributed by atoms with Crippen LogP contribution in [0.2, 0.25) is 0 Å². The van der Waals surface area contributed by atoms with E-state index in [0.29, 0.717) is 5.56 Å². The zero-order chi connectivity index (χ0) is 9.90. The first-order valence-electron chi connectivity index (χ1n) is 4.53. The number of hydrogen-bond donors (Lipinski definition) is 0. The molecule has 0 amide bonds. The van der Waals surface area contributed by atoms with Crippen molar-refractivity contribution in [2.24, 2.45) is 0 Å². The van der Waals surface area contributed by atoms with Gasteiger partial charge in [-0.1, -0.05) is 25.9 Å². The quantitative estimate of drug-likeness (QED) is 0.714. The minimum Gasteiger partial charge on any atom is -0.359 e. The highest BCUT2D eigenvalue weighted by Crippen LogP contribution is 2.32. The molecule has 0 aromatic carbocycles. The lowest BCUT2D eigenvalue weighted by Gasteiger charge is -2.22. The van der Waals surface area contributed by atoms with Crippen molar-refractivity contribution in [1.82, 2.24) is 5.16 Å². The molecule has 0 saturated heterocycles. The van der Waals surface area contributed by atoms with E-state index in [0.717, 1.165) is 18.6 Å². The predicted molar refractivity (Wildman–Crippen MR) is 49.2 cm³/mol. The van der Waals surface area contributed by atoms with E-state index in [-0.39, 0.29) is 5.41 Å². The van der Waals surface area contributed by atoms with Crippen molar-refractivity contribution in [1.29, 1.82) is 5.26 Å². The number of hydrogen-bond acceptors (Lipinski definition) is 3. The summed E-state index contributed by atoms with van der Waals surface area (Å²) >= 11 is 0. The molecule has 0 atom stereocenters. The first-order chi connectivity index (χ1) is 6.18. The van der Waals surface area contributed by atoms with Crippen LogP contribution in [-0.4, -0.2) is 5.16 Å². The van der Waals surface area contributed by atoms with Crippen molar-refractivity contribution >= 4 is 0 Å². The molecule has 0 spiro atoms. The van der Waals surface area contributed by atoms with Crippen LogP contribution in [-0.2, 0) is 5.41 Å². The zero-order valence-corrected chi connectivity index (χ0v) is 8.29. The summed E-state index contributed by atoms with van der Waals surface area (Å²) in [4.78, 5) is 0. The standard InChI is InChI=1S/C10H14N2O/c1-4-10(3,5-2)9-8(6-11)7-12-13-9/h7H,4-5H2,1-3H3. The number of aromatic nitrogens is 1. The molecule has 1 heterocycles. The van der Waals surface area contributed by atoms with Crippen molar-refractivity contribution in [2.75, 3.05) is 0 Å². The lowest BCUT2D eigenvalue weighted by molar-refractivity contribution is 0.288. The molecule has 0 N–H and O–H groups in total. The van der Waals surface area contributed by atoms with Gasteiger partial charge in [0.2, 0.25) is 0 Å². The van der Waals surface area contributed by atoms with Crippen molar-refractivity contribution in [3.63, 3.8) is 0 Å². The van der Waals surface area contributed by atoms with Gasteiger partial charge in [-0.25, -0.2) is 0 Å². The van der Waals surface area contributed by atoms with Gasteiger partial charge in [-0.2, -0.15) is 5.26 Å². The summed E-state index contributed by atoms with van der Waals surface area (Å²) in [7, 11) is 0. The largest absolute Gasteiger partial charge is 0.359 e. The molecule has 0 unspecified atom stereocenters. The van der Waals surface area contributed by atoms with Crippen molar-refractivity contribution in [2.45, 2.75) is 39.0 Å². The van der Waals surface area contributed by atoms with Crippen molar-refractivity contribution in [3.05, 3.63) is 17.5 Å². The highest BCUT2D eigenvalue weighted by Gasteiger charge is 2.29. The fourth-order valence-electron chi connectivity index (χ4n) is 1.33. The molecule has 0 aliphatic carbocycles. The first kappa shape index (κ1) is 9.79. The van der Waals surface area contributed by atoms with Gasteiger partial charge in [0.1, 0.15) is 11.6 Å². The zero-order valence-electron chi connectivity index (χ0n) is 8.29. The Morgan fingerprint density at radius 1 is 1.54 bits per heavy atom. The second-order valence-electron chi connectivity index (χ2n) is 3.45. The maximum Gasteiger partial charge on any atom is 0.160 e. The third-order valence-electron chi connectivity index (χ3n) is 2.80. The molecule has 0 saturated carbocycles. The van der Waals surface area contributed by atoms with Gasteiger partial charge in [0.05, 0.1) is 6.20 Å². The van der Waals surface area contributed by atoms with Crippen LogP contribution in [0.3, 0.4) is 0 Å². The van der Waals surface area contributed by atoms with E-state index in [4.69, 9.17) is 9.78 Å². The third kappa shape index (κ3) is 1.57. The second-order valence-corrected chi connectivity index (χ2v) is 3.45. The Morgan fingerprint density at radius 3 is 2.62 bits per heavy atom. The molecule has 3 heteroatoms. The molecule has 1 rings (SSSR count). The Bertz CT molecular complexity index is 318. The smallest absolute Gasteiger partial charge is 0.160 e. The van der Waals surface area contributed by atoms with Crippen molar-refractivity contribution in [3.8, 4) is 6.07 Å². The second kappa shape index (κ2) is 3.61. The van der Waals surface area contributed by atoms with E-state index >= 15 is 0 Å². The lowest BCUT2D eigenvalue weighted by atomic mass is 9.81. The maximum atomic E-state index is 8.81. The molecular formula is C10H14N2O. The number of rotatable bonds is 3. The average molecular weight is 178 g/mol. The van der Waals surface area contributed by atoms with Gasteiger partial charge < -0.3 is 4.52 Å². The van der Waals surface area contributed by atoms with Gasteiger partial charge in [0.15, 0.2) is 5.76 Å². The third-order valence-corrected chi connectivity index (χ3v) is 2.80. The van der Waals surface area contributed by atoms with Gasteiger partial charge in [-0.05, 0) is 12.8 Å². The van der Waals surface area contributed by atoms with E-state index in [1.54, 1.807) is 0 Å². The topological polar surface area (TPSA) is 49.8 Å². The number of nitrogens with zero attached hydrogens (tertiary/aromatic N) is 2. The molecule has 0 fully saturated rings. The molecule has 70 valence electrons. The molecule has 1 aromatic rings. The summed E-state index contributed by atoms with van der Waals surface area (Å²) < 4.78 is 5.13. The highest BCUT2D eigenvalue weighted by molar-refractivity contribution is 5.33. The molecule has 3 nitrogen and oxygen atoms in total. The van der Waals surface area contributed by atoms with Crippen LogP contribution in [0.25, 0.3) is 0 Å². The molecule has 1 aromatic heterocycles. The summed E-state index contributed by atoms with van der Waals surface area (Å²) in [5, 5.41) is 12.5.